The number of hydrogen-bond acceptors (Lipinski definition) is 9. The van der Waals surface area contributed by atoms with Crippen LogP contribution in [0, 0.1) is 0 Å². The van der Waals surface area contributed by atoms with Gasteiger partial charge in [0.15, 0.2) is 11.5 Å². The predicted molar refractivity (Wildman–Crippen MR) is 165 cm³/mol. The number of aliphatic hydroxyl groups is 2. The summed E-state index contributed by atoms with van der Waals surface area (Å²) in [6.07, 6.45) is 8.06. The molecule has 3 aliphatic heterocycles. The summed E-state index contributed by atoms with van der Waals surface area (Å²) in [7, 11) is 0. The number of rotatable bonds is 2. The number of anilines is 1. The van der Waals surface area contributed by atoms with Gasteiger partial charge >= 0.3 is 0 Å². The van der Waals surface area contributed by atoms with Crippen molar-refractivity contribution in [1.29, 1.82) is 0 Å². The summed E-state index contributed by atoms with van der Waals surface area (Å²) in [5.74, 6) is 0.186. The van der Waals surface area contributed by atoms with Gasteiger partial charge in [0.2, 0.25) is 5.28 Å². The van der Waals surface area contributed by atoms with Gasteiger partial charge in [-0.1, -0.05) is 0 Å². The Morgan fingerprint density at radius 2 is 1.40 bits per heavy atom. The second-order valence-electron chi connectivity index (χ2n) is 10.2. The molecule has 216 valence electrons. The van der Waals surface area contributed by atoms with Gasteiger partial charge in [-0.25, -0.2) is 15.0 Å². The van der Waals surface area contributed by atoms with Crippen LogP contribution in [-0.2, 0) is 4.74 Å². The second kappa shape index (κ2) is 11.1. The number of nitrogen functional groups attached to an aromatic ring is 1. The van der Waals surface area contributed by atoms with Crippen molar-refractivity contribution in [3.63, 3.8) is 0 Å². The lowest BCUT2D eigenvalue weighted by atomic mass is 10.2. The molecule has 0 aromatic carbocycles. The third-order valence-electron chi connectivity index (χ3n) is 7.16. The second-order valence-corrected chi connectivity index (χ2v) is 10.6. The van der Waals surface area contributed by atoms with Gasteiger partial charge in [0.05, 0.1) is 41.8 Å². The highest BCUT2D eigenvalue weighted by atomic mass is 35.5. The normalized spacial score (nSPS) is 19.1. The van der Waals surface area contributed by atoms with E-state index in [-0.39, 0.29) is 17.7 Å². The molecule has 1 fully saturated rings. The highest BCUT2D eigenvalue weighted by Gasteiger charge is 2.35. The van der Waals surface area contributed by atoms with Crippen molar-refractivity contribution in [2.45, 2.75) is 24.9 Å². The van der Waals surface area contributed by atoms with E-state index in [0.717, 1.165) is 44.8 Å². The lowest BCUT2D eigenvalue weighted by Crippen LogP contribution is -2.24. The molecular formula is C30H26ClN9O3. The molecule has 0 saturated carbocycles. The average molecular weight is 596 g/mol. The van der Waals surface area contributed by atoms with Crippen LogP contribution in [0.3, 0.4) is 0 Å². The maximum Gasteiger partial charge on any atom is 0.226 e. The summed E-state index contributed by atoms with van der Waals surface area (Å²) < 4.78 is 7.16. The maximum atomic E-state index is 9.74. The number of fused-ring (bicyclic) bond motifs is 9. The van der Waals surface area contributed by atoms with Crippen molar-refractivity contribution in [3.05, 3.63) is 82.9 Å². The molecule has 5 aromatic rings. The van der Waals surface area contributed by atoms with Gasteiger partial charge in [-0.3, -0.25) is 4.57 Å². The molecule has 0 radical (unpaired) electrons. The molecule has 12 nitrogen and oxygen atoms in total. The van der Waals surface area contributed by atoms with Gasteiger partial charge < -0.3 is 30.7 Å². The first-order valence-corrected chi connectivity index (χ1v) is 13.9. The van der Waals surface area contributed by atoms with Crippen molar-refractivity contribution in [3.8, 4) is 0 Å². The van der Waals surface area contributed by atoms with Crippen LogP contribution in [0.15, 0.2) is 54.9 Å². The quantitative estimate of drug-likeness (QED) is 0.182. The van der Waals surface area contributed by atoms with Crippen LogP contribution in [0.2, 0.25) is 5.28 Å². The Morgan fingerprint density at radius 3 is 1.95 bits per heavy atom. The van der Waals surface area contributed by atoms with Crippen molar-refractivity contribution in [1.82, 2.24) is 39.5 Å². The molecule has 3 atom stereocenters. The summed E-state index contributed by atoms with van der Waals surface area (Å²) in [6.45, 7) is -0.248. The number of hydrogen-bond donors (Lipinski definition) is 5. The molecule has 8 rings (SSSR count). The molecule has 3 aliphatic rings. The fourth-order valence-corrected chi connectivity index (χ4v) is 5.29. The number of imidazole rings is 1. The molecule has 8 heterocycles. The van der Waals surface area contributed by atoms with Gasteiger partial charge in [0.1, 0.15) is 17.8 Å². The van der Waals surface area contributed by atoms with E-state index in [1.54, 1.807) is 4.57 Å². The van der Waals surface area contributed by atoms with Crippen LogP contribution in [0.25, 0.3) is 57.5 Å². The zero-order chi connectivity index (χ0) is 29.5. The van der Waals surface area contributed by atoms with E-state index < -0.39 is 18.4 Å². The van der Waals surface area contributed by atoms with E-state index in [1.807, 2.05) is 42.5 Å². The summed E-state index contributed by atoms with van der Waals surface area (Å²) in [4.78, 5) is 28.0. The maximum absolute atomic E-state index is 9.74. The molecule has 8 bridgehead atoms. The number of aromatic amines is 2. The number of nitrogens with zero attached hydrogens (tertiary/aromatic N) is 6. The van der Waals surface area contributed by atoms with Gasteiger partial charge in [-0.2, -0.15) is 9.97 Å². The Bertz CT molecular complexity index is 1970. The van der Waals surface area contributed by atoms with Crippen LogP contribution in [0.4, 0.5) is 5.82 Å². The third kappa shape index (κ3) is 5.64. The fourth-order valence-electron chi connectivity index (χ4n) is 5.12. The van der Waals surface area contributed by atoms with E-state index in [4.69, 9.17) is 27.2 Å². The van der Waals surface area contributed by atoms with Gasteiger partial charge in [0.25, 0.3) is 0 Å². The van der Waals surface area contributed by atoms with E-state index in [1.165, 1.54) is 6.33 Å². The number of H-pyrrole nitrogens is 2. The molecule has 6 N–H and O–H groups in total. The van der Waals surface area contributed by atoms with Crippen LogP contribution >= 0.6 is 11.6 Å². The SMILES string of the molecule is C1=Cc2cc3ccc(cc4ccc(cc5nc(cc1n2)C=C5)[nH]4)[nH]3.Nc1nc(Cl)nc2c1ncn2[C@H]1C[C@H](O)[C@@H](CO)O1. The smallest absolute Gasteiger partial charge is 0.226 e. The van der Waals surface area contributed by atoms with E-state index in [0.29, 0.717) is 17.6 Å². The van der Waals surface area contributed by atoms with E-state index >= 15 is 0 Å². The summed E-state index contributed by atoms with van der Waals surface area (Å²) >= 11 is 5.77. The highest BCUT2D eigenvalue weighted by Crippen LogP contribution is 2.31. The minimum atomic E-state index is -0.734. The number of aromatic nitrogens is 8. The standard InChI is InChI=1S/C20H14N4.C10H12ClN5O3/c1-2-14-10-16-5-6-18(23-16)12-20-8-7-19(24-20)11-17-4-3-15(22-17)9-13(1)21-14;11-10-14-8(12)7-9(15-10)16(3-13-7)6-1-4(18)5(2-17)19-6/h1-12,21-22H;3-6,17-18H,1-2H2,(H2,12,14,15)/t;4-,5+,6+/m.0/s1. The lowest BCUT2D eigenvalue weighted by molar-refractivity contribution is -0.0432. The number of halogens is 1. The summed E-state index contributed by atoms with van der Waals surface area (Å²) in [6, 6.07) is 16.4. The molecular weight excluding hydrogens is 570 g/mol. The highest BCUT2D eigenvalue weighted by molar-refractivity contribution is 6.28. The largest absolute Gasteiger partial charge is 0.394 e. The van der Waals surface area contributed by atoms with Crippen LogP contribution in [0.5, 0.6) is 0 Å². The fraction of sp³-hybridized carbons (Fsp3) is 0.167. The molecule has 0 amide bonds. The Morgan fingerprint density at radius 1 is 0.837 bits per heavy atom. The van der Waals surface area contributed by atoms with Crippen molar-refractivity contribution in [2.24, 2.45) is 0 Å². The summed E-state index contributed by atoms with van der Waals surface area (Å²) in [5, 5.41) is 18.8. The third-order valence-corrected chi connectivity index (χ3v) is 7.33. The zero-order valence-electron chi connectivity index (χ0n) is 22.6. The van der Waals surface area contributed by atoms with Crippen molar-refractivity contribution < 1.29 is 14.9 Å². The first-order valence-electron chi connectivity index (χ1n) is 13.5. The Hall–Kier alpha value is -4.88. The van der Waals surface area contributed by atoms with E-state index in [9.17, 15) is 5.11 Å². The molecule has 0 spiro atoms. The minimum Gasteiger partial charge on any atom is -0.394 e. The first kappa shape index (κ1) is 27.0. The molecule has 13 heteroatoms. The summed E-state index contributed by atoms with van der Waals surface area (Å²) in [5.41, 5.74) is 14.4. The number of aliphatic hydroxyl groups excluding tert-OH is 2. The van der Waals surface area contributed by atoms with Gasteiger partial charge in [-0.15, -0.1) is 0 Å². The molecule has 43 heavy (non-hydrogen) atoms. The predicted octanol–water partition coefficient (Wildman–Crippen LogP) is 4.36. The molecule has 0 aliphatic carbocycles. The van der Waals surface area contributed by atoms with Crippen molar-refractivity contribution >= 4 is 75.0 Å². The first-order chi connectivity index (χ1) is 20.9. The topological polar surface area (TPSA) is 177 Å². The lowest BCUT2D eigenvalue weighted by Gasteiger charge is -2.13. The number of nitrogens with one attached hydrogen (secondary N) is 2. The van der Waals surface area contributed by atoms with Crippen LogP contribution in [0.1, 0.15) is 35.4 Å². The van der Waals surface area contributed by atoms with E-state index in [2.05, 4.69) is 65.2 Å². The average Bonchev–Trinajstić information content (AvgIpc) is 3.81. The minimum absolute atomic E-state index is 0.0176. The van der Waals surface area contributed by atoms with Crippen LogP contribution < -0.4 is 5.73 Å². The van der Waals surface area contributed by atoms with Crippen molar-refractivity contribution in [2.75, 3.05) is 12.3 Å². The number of ether oxygens (including phenoxy) is 1. The van der Waals surface area contributed by atoms with Gasteiger partial charge in [-0.05, 0) is 84.4 Å². The number of nitrogens with two attached hydrogens (primary N) is 1. The Balaban J connectivity index is 0.000000144. The zero-order valence-corrected chi connectivity index (χ0v) is 23.3. The molecule has 0 unspecified atom stereocenters. The monoisotopic (exact) mass is 595 g/mol. The Labute approximate surface area is 249 Å². The molecule has 1 saturated heterocycles. The molecule has 5 aromatic heterocycles. The van der Waals surface area contributed by atoms with Gasteiger partial charge in [0, 0.05) is 28.5 Å². The van der Waals surface area contributed by atoms with Crippen LogP contribution in [-0.4, -0.2) is 68.5 Å². The Kier molecular flexibility index (Phi) is 6.95.